The van der Waals surface area contributed by atoms with Gasteiger partial charge in [-0.05, 0) is 29.6 Å². The molecule has 128 valence electrons. The normalized spacial score (nSPS) is 11.7. The molecule has 0 aliphatic heterocycles. The number of hydrogen-bond donors (Lipinski definition) is 1. The molecule has 0 bridgehead atoms. The van der Waals surface area contributed by atoms with Crippen LogP contribution in [0.25, 0.3) is 0 Å². The van der Waals surface area contributed by atoms with Crippen LogP contribution < -0.4 is 5.32 Å². The van der Waals surface area contributed by atoms with Gasteiger partial charge in [-0.25, -0.2) is 9.18 Å². The Hall–Kier alpha value is -2.93. The molecule has 2 aromatic heterocycles. The fourth-order valence-electron chi connectivity index (χ4n) is 2.19. The molecule has 2 heterocycles. The topological polar surface area (TPSA) is 68.5 Å². The number of hydrogen-bond acceptors (Lipinski definition) is 5. The first kappa shape index (κ1) is 16.9. The molecule has 7 heteroatoms. The fraction of sp³-hybridized carbons (Fsp3) is 0.111. The predicted molar refractivity (Wildman–Crippen MR) is 89.4 cm³/mol. The molecular formula is C18H14FNO4S. The van der Waals surface area contributed by atoms with Crippen LogP contribution in [0.2, 0.25) is 0 Å². The van der Waals surface area contributed by atoms with Gasteiger partial charge in [-0.2, -0.15) is 0 Å². The summed E-state index contributed by atoms with van der Waals surface area (Å²) in [7, 11) is 0. The van der Waals surface area contributed by atoms with E-state index in [0.717, 1.165) is 0 Å². The average molecular weight is 359 g/mol. The van der Waals surface area contributed by atoms with E-state index in [-0.39, 0.29) is 12.1 Å². The Bertz CT molecular complexity index is 846. The maximum atomic E-state index is 14.1. The molecule has 0 aliphatic rings. The third-order valence-electron chi connectivity index (χ3n) is 3.39. The minimum Gasteiger partial charge on any atom is -0.467 e. The summed E-state index contributed by atoms with van der Waals surface area (Å²) in [5.74, 6) is -1.41. The summed E-state index contributed by atoms with van der Waals surface area (Å²) < 4.78 is 24.5. The number of nitrogens with one attached hydrogen (secondary N) is 1. The number of carbonyl (C=O) groups is 2. The lowest BCUT2D eigenvalue weighted by Gasteiger charge is -2.18. The largest absolute Gasteiger partial charge is 0.467 e. The van der Waals surface area contributed by atoms with Gasteiger partial charge in [-0.15, -0.1) is 11.3 Å². The lowest BCUT2D eigenvalue weighted by Crippen LogP contribution is -2.32. The molecular weight excluding hydrogens is 345 g/mol. The highest BCUT2D eigenvalue weighted by atomic mass is 32.1. The zero-order valence-corrected chi connectivity index (χ0v) is 13.8. The first-order valence-corrected chi connectivity index (χ1v) is 8.32. The average Bonchev–Trinajstić information content (AvgIpc) is 3.31. The van der Waals surface area contributed by atoms with E-state index in [2.05, 4.69) is 5.32 Å². The summed E-state index contributed by atoms with van der Waals surface area (Å²) >= 11 is 1.18. The van der Waals surface area contributed by atoms with Crippen molar-refractivity contribution in [2.24, 2.45) is 0 Å². The van der Waals surface area contributed by atoms with E-state index in [9.17, 15) is 14.0 Å². The molecule has 25 heavy (non-hydrogen) atoms. The minimum absolute atomic E-state index is 0.00986. The molecule has 0 radical (unpaired) electrons. The number of thiophene rings is 1. The summed E-state index contributed by atoms with van der Waals surface area (Å²) in [5, 5.41) is 4.30. The molecule has 0 saturated carbocycles. The van der Waals surface area contributed by atoms with E-state index in [0.29, 0.717) is 10.6 Å². The van der Waals surface area contributed by atoms with Gasteiger partial charge in [0.25, 0.3) is 5.91 Å². The van der Waals surface area contributed by atoms with Crippen molar-refractivity contribution in [3.8, 4) is 0 Å². The molecule has 0 saturated heterocycles. The highest BCUT2D eigenvalue weighted by molar-refractivity contribution is 7.11. The van der Waals surface area contributed by atoms with Crippen molar-refractivity contribution in [1.82, 2.24) is 5.32 Å². The lowest BCUT2D eigenvalue weighted by molar-refractivity contribution is -0.130. The number of furan rings is 1. The molecule has 0 aliphatic carbocycles. The molecule has 1 N–H and O–H groups in total. The van der Waals surface area contributed by atoms with Crippen LogP contribution in [0.4, 0.5) is 4.39 Å². The van der Waals surface area contributed by atoms with Crippen LogP contribution in [0.1, 0.15) is 27.1 Å². The second kappa shape index (κ2) is 7.76. The van der Waals surface area contributed by atoms with E-state index < -0.39 is 23.8 Å². The van der Waals surface area contributed by atoms with E-state index >= 15 is 0 Å². The van der Waals surface area contributed by atoms with E-state index in [1.807, 2.05) is 0 Å². The van der Waals surface area contributed by atoms with Crippen molar-refractivity contribution < 1.29 is 23.1 Å². The summed E-state index contributed by atoms with van der Waals surface area (Å²) in [6.07, 6.45) is 0.0814. The second-order valence-electron chi connectivity index (χ2n) is 5.08. The van der Waals surface area contributed by atoms with E-state index in [4.69, 9.17) is 9.15 Å². The number of esters is 1. The highest BCUT2D eigenvalue weighted by Crippen LogP contribution is 2.23. The van der Waals surface area contributed by atoms with Gasteiger partial charge in [0.2, 0.25) is 6.10 Å². The van der Waals surface area contributed by atoms with Crippen LogP contribution >= 0.6 is 11.3 Å². The zero-order chi connectivity index (χ0) is 17.6. The molecule has 0 spiro atoms. The SMILES string of the molecule is O=C(O[C@H](C(=O)NCc1ccco1)c1ccccc1F)c1cccs1. The molecule has 0 unspecified atom stereocenters. The van der Waals surface area contributed by atoms with Gasteiger partial charge in [0.15, 0.2) is 0 Å². The van der Waals surface area contributed by atoms with Crippen molar-refractivity contribution >= 4 is 23.2 Å². The van der Waals surface area contributed by atoms with Gasteiger partial charge in [0, 0.05) is 5.56 Å². The molecule has 0 fully saturated rings. The maximum Gasteiger partial charge on any atom is 0.349 e. The number of amides is 1. The summed E-state index contributed by atoms with van der Waals surface area (Å²) in [4.78, 5) is 25.0. The first-order valence-electron chi connectivity index (χ1n) is 7.44. The second-order valence-corrected chi connectivity index (χ2v) is 6.03. The minimum atomic E-state index is -1.40. The molecule has 1 atom stereocenters. The monoisotopic (exact) mass is 359 g/mol. The smallest absolute Gasteiger partial charge is 0.349 e. The maximum absolute atomic E-state index is 14.1. The van der Waals surface area contributed by atoms with E-state index in [1.165, 1.54) is 35.8 Å². The molecule has 3 rings (SSSR count). The molecule has 5 nitrogen and oxygen atoms in total. The number of carbonyl (C=O) groups excluding carboxylic acids is 2. The molecule has 1 aromatic carbocycles. The predicted octanol–water partition coefficient (Wildman–Crippen LogP) is 3.69. The van der Waals surface area contributed by atoms with Crippen LogP contribution in [0.3, 0.4) is 0 Å². The summed E-state index contributed by atoms with van der Waals surface area (Å²) in [6.45, 7) is 0.105. The number of benzene rings is 1. The van der Waals surface area contributed by atoms with Crippen LogP contribution in [0, 0.1) is 5.82 Å². The Morgan fingerprint density at radius 2 is 2.00 bits per heavy atom. The fourth-order valence-corrected chi connectivity index (χ4v) is 2.79. The summed E-state index contributed by atoms with van der Waals surface area (Å²) in [5.41, 5.74) is -0.00986. The van der Waals surface area contributed by atoms with E-state index in [1.54, 1.807) is 35.7 Å². The van der Waals surface area contributed by atoms with Gasteiger partial charge in [0.1, 0.15) is 16.5 Å². The van der Waals surface area contributed by atoms with Crippen LogP contribution in [0.15, 0.2) is 64.6 Å². The van der Waals surface area contributed by atoms with Crippen LogP contribution in [-0.4, -0.2) is 11.9 Å². The van der Waals surface area contributed by atoms with Crippen molar-refractivity contribution in [2.75, 3.05) is 0 Å². The Morgan fingerprint density at radius 3 is 2.68 bits per heavy atom. The number of halogens is 1. The van der Waals surface area contributed by atoms with Gasteiger partial charge in [-0.1, -0.05) is 24.3 Å². The third-order valence-corrected chi connectivity index (χ3v) is 4.24. The van der Waals surface area contributed by atoms with Gasteiger partial charge in [0.05, 0.1) is 12.8 Å². The molecule has 1 amide bonds. The van der Waals surface area contributed by atoms with Crippen molar-refractivity contribution in [3.63, 3.8) is 0 Å². The number of ether oxygens (including phenoxy) is 1. The summed E-state index contributed by atoms with van der Waals surface area (Å²) in [6, 6.07) is 12.3. The Labute approximate surface area is 147 Å². The van der Waals surface area contributed by atoms with Crippen molar-refractivity contribution in [2.45, 2.75) is 12.6 Å². The highest BCUT2D eigenvalue weighted by Gasteiger charge is 2.28. The van der Waals surface area contributed by atoms with Crippen molar-refractivity contribution in [3.05, 3.63) is 82.2 Å². The van der Waals surface area contributed by atoms with Crippen molar-refractivity contribution in [1.29, 1.82) is 0 Å². The third kappa shape index (κ3) is 4.13. The Morgan fingerprint density at radius 1 is 1.16 bits per heavy atom. The van der Waals surface area contributed by atoms with Crippen LogP contribution in [0.5, 0.6) is 0 Å². The standard InChI is InChI=1S/C18H14FNO4S/c19-14-7-2-1-6-13(14)16(24-18(22)15-8-4-10-25-15)17(21)20-11-12-5-3-9-23-12/h1-10,16H,11H2,(H,20,21)/t16-/m0/s1. The molecule has 3 aromatic rings. The van der Waals surface area contributed by atoms with Gasteiger partial charge in [-0.3, -0.25) is 4.79 Å². The Kier molecular flexibility index (Phi) is 5.25. The Balaban J connectivity index is 1.79. The van der Waals surface area contributed by atoms with Crippen LogP contribution in [-0.2, 0) is 16.1 Å². The van der Waals surface area contributed by atoms with Gasteiger partial charge < -0.3 is 14.5 Å². The zero-order valence-electron chi connectivity index (χ0n) is 13.0. The first-order chi connectivity index (χ1) is 12.1. The lowest BCUT2D eigenvalue weighted by atomic mass is 10.1. The quantitative estimate of drug-likeness (QED) is 0.682. The van der Waals surface area contributed by atoms with Gasteiger partial charge >= 0.3 is 5.97 Å². The number of rotatable bonds is 6.